The van der Waals surface area contributed by atoms with Crippen LogP contribution in [0.4, 0.5) is 0 Å². The van der Waals surface area contributed by atoms with E-state index in [9.17, 15) is 13.2 Å². The normalized spacial score (nSPS) is 15.0. The minimum Gasteiger partial charge on any atom is -0.476 e. The van der Waals surface area contributed by atoms with Crippen molar-refractivity contribution in [1.82, 2.24) is 14.3 Å². The number of nitrogens with one attached hydrogen (secondary N) is 1. The molecule has 2 aromatic rings. The summed E-state index contributed by atoms with van der Waals surface area (Å²) >= 11 is 0. The maximum Gasteiger partial charge on any atom is 0.356 e. The van der Waals surface area contributed by atoms with Crippen LogP contribution in [0.2, 0.25) is 0 Å². The Bertz CT molecular complexity index is 793. The summed E-state index contributed by atoms with van der Waals surface area (Å²) in [4.78, 5) is 14.7. The number of carbonyl (C=O) groups is 1. The lowest BCUT2D eigenvalue weighted by molar-refractivity contribution is 0.0691. The summed E-state index contributed by atoms with van der Waals surface area (Å²) in [5, 5.41) is 8.90. The molecule has 1 aromatic heterocycles. The fourth-order valence-electron chi connectivity index (χ4n) is 1.95. The van der Waals surface area contributed by atoms with E-state index in [-0.39, 0.29) is 16.6 Å². The van der Waals surface area contributed by atoms with Gasteiger partial charge in [-0.05, 0) is 25.0 Å². The number of sulfonamides is 1. The zero-order chi connectivity index (χ0) is 15.0. The van der Waals surface area contributed by atoms with Crippen LogP contribution in [0.3, 0.4) is 0 Å². The Balaban J connectivity index is 2.04. The van der Waals surface area contributed by atoms with E-state index in [1.54, 1.807) is 18.2 Å². The van der Waals surface area contributed by atoms with Crippen molar-refractivity contribution in [2.24, 2.45) is 0 Å². The molecule has 0 saturated heterocycles. The zero-order valence-corrected chi connectivity index (χ0v) is 11.7. The van der Waals surface area contributed by atoms with Crippen molar-refractivity contribution in [3.8, 4) is 5.69 Å². The van der Waals surface area contributed by atoms with Crippen LogP contribution in [-0.4, -0.2) is 35.1 Å². The number of benzene rings is 1. The lowest BCUT2D eigenvalue weighted by atomic mass is 10.3. The quantitative estimate of drug-likeness (QED) is 0.858. The molecule has 2 N–H and O–H groups in total. The number of para-hydroxylation sites is 1. The molecule has 1 saturated carbocycles. The first-order valence-corrected chi connectivity index (χ1v) is 7.85. The summed E-state index contributed by atoms with van der Waals surface area (Å²) in [5.74, 6) is -1.16. The molecule has 7 nitrogen and oxygen atoms in total. The molecule has 110 valence electrons. The molecular formula is C13H13N3O4S. The Hall–Kier alpha value is -2.19. The third-order valence-corrected chi connectivity index (χ3v) is 4.70. The standard InChI is InChI=1S/C13H13N3O4S/c17-13(18)10-7-16(8-14-10)11-3-1-2-4-12(11)21(19,20)15-9-5-6-9/h1-4,7-9,15H,5-6H2,(H,17,18). The fraction of sp³-hybridized carbons (Fsp3) is 0.231. The minimum absolute atomic E-state index is 0.000393. The second kappa shape index (κ2) is 4.97. The molecule has 1 heterocycles. The predicted octanol–water partition coefficient (Wildman–Crippen LogP) is 1.01. The summed E-state index contributed by atoms with van der Waals surface area (Å²) < 4.78 is 28.7. The van der Waals surface area contributed by atoms with Crippen LogP contribution in [-0.2, 0) is 10.0 Å². The van der Waals surface area contributed by atoms with E-state index >= 15 is 0 Å². The van der Waals surface area contributed by atoms with Gasteiger partial charge in [-0.2, -0.15) is 0 Å². The Morgan fingerprint density at radius 1 is 1.33 bits per heavy atom. The highest BCUT2D eigenvalue weighted by Gasteiger charge is 2.29. The van der Waals surface area contributed by atoms with Gasteiger partial charge in [0, 0.05) is 12.2 Å². The van der Waals surface area contributed by atoms with Gasteiger partial charge in [0.1, 0.15) is 11.2 Å². The average molecular weight is 307 g/mol. The molecule has 0 radical (unpaired) electrons. The molecule has 0 atom stereocenters. The Labute approximate surface area is 121 Å². The lowest BCUT2D eigenvalue weighted by Gasteiger charge is -2.11. The molecule has 0 unspecified atom stereocenters. The van der Waals surface area contributed by atoms with Gasteiger partial charge >= 0.3 is 5.97 Å². The van der Waals surface area contributed by atoms with Crippen LogP contribution in [0.25, 0.3) is 5.69 Å². The summed E-state index contributed by atoms with van der Waals surface area (Å²) in [6.07, 6.45) is 4.26. The Morgan fingerprint density at radius 3 is 2.67 bits per heavy atom. The summed E-state index contributed by atoms with van der Waals surface area (Å²) in [5.41, 5.74) is 0.225. The van der Waals surface area contributed by atoms with Gasteiger partial charge in [-0.1, -0.05) is 12.1 Å². The molecule has 0 bridgehead atoms. The van der Waals surface area contributed by atoms with Gasteiger partial charge in [-0.3, -0.25) is 0 Å². The van der Waals surface area contributed by atoms with E-state index in [0.717, 1.165) is 12.8 Å². The van der Waals surface area contributed by atoms with E-state index in [1.165, 1.54) is 23.2 Å². The van der Waals surface area contributed by atoms with E-state index < -0.39 is 16.0 Å². The number of rotatable bonds is 5. The summed E-state index contributed by atoms with van der Waals surface area (Å²) in [7, 11) is -3.63. The van der Waals surface area contributed by atoms with Crippen LogP contribution in [0.5, 0.6) is 0 Å². The molecular weight excluding hydrogens is 294 g/mol. The monoisotopic (exact) mass is 307 g/mol. The number of hydrogen-bond donors (Lipinski definition) is 2. The Kier molecular flexibility index (Phi) is 3.26. The highest BCUT2D eigenvalue weighted by molar-refractivity contribution is 7.89. The highest BCUT2D eigenvalue weighted by Crippen LogP contribution is 2.25. The minimum atomic E-state index is -3.63. The van der Waals surface area contributed by atoms with Gasteiger partial charge in [0.05, 0.1) is 5.69 Å². The third-order valence-electron chi connectivity index (χ3n) is 3.13. The van der Waals surface area contributed by atoms with Crippen LogP contribution >= 0.6 is 0 Å². The maximum absolute atomic E-state index is 12.4. The van der Waals surface area contributed by atoms with Gasteiger partial charge in [-0.15, -0.1) is 0 Å². The van der Waals surface area contributed by atoms with Crippen LogP contribution in [0.1, 0.15) is 23.3 Å². The van der Waals surface area contributed by atoms with E-state index in [4.69, 9.17) is 5.11 Å². The number of imidazole rings is 1. The number of carboxylic acids is 1. The number of aromatic carboxylic acids is 1. The van der Waals surface area contributed by atoms with Crippen molar-refractivity contribution >= 4 is 16.0 Å². The summed E-state index contributed by atoms with van der Waals surface area (Å²) in [6, 6.07) is 6.40. The van der Waals surface area contributed by atoms with Crippen molar-refractivity contribution in [2.75, 3.05) is 0 Å². The molecule has 1 aliphatic carbocycles. The second-order valence-electron chi connectivity index (χ2n) is 4.83. The first kappa shape index (κ1) is 13.8. The van der Waals surface area contributed by atoms with Gasteiger partial charge in [0.15, 0.2) is 5.69 Å². The van der Waals surface area contributed by atoms with Crippen molar-refractivity contribution < 1.29 is 18.3 Å². The van der Waals surface area contributed by atoms with Gasteiger partial charge < -0.3 is 9.67 Å². The lowest BCUT2D eigenvalue weighted by Crippen LogP contribution is -2.26. The molecule has 0 aliphatic heterocycles. The van der Waals surface area contributed by atoms with E-state index in [0.29, 0.717) is 5.69 Å². The van der Waals surface area contributed by atoms with Crippen LogP contribution < -0.4 is 4.72 Å². The van der Waals surface area contributed by atoms with E-state index in [2.05, 4.69) is 9.71 Å². The predicted molar refractivity (Wildman–Crippen MR) is 73.9 cm³/mol. The number of hydrogen-bond acceptors (Lipinski definition) is 4. The smallest absolute Gasteiger partial charge is 0.356 e. The van der Waals surface area contributed by atoms with Crippen LogP contribution in [0.15, 0.2) is 41.7 Å². The van der Waals surface area contributed by atoms with Crippen molar-refractivity contribution in [1.29, 1.82) is 0 Å². The average Bonchev–Trinajstić information content (AvgIpc) is 3.09. The van der Waals surface area contributed by atoms with Gasteiger partial charge in [0.25, 0.3) is 0 Å². The molecule has 3 rings (SSSR count). The van der Waals surface area contributed by atoms with Gasteiger partial charge in [0.2, 0.25) is 10.0 Å². The Morgan fingerprint density at radius 2 is 2.05 bits per heavy atom. The first-order chi connectivity index (χ1) is 9.97. The summed E-state index contributed by atoms with van der Waals surface area (Å²) in [6.45, 7) is 0. The molecule has 8 heteroatoms. The van der Waals surface area contributed by atoms with Crippen molar-refractivity contribution in [3.05, 3.63) is 42.5 Å². The highest BCUT2D eigenvalue weighted by atomic mass is 32.2. The molecule has 1 aliphatic rings. The maximum atomic E-state index is 12.4. The fourth-order valence-corrected chi connectivity index (χ4v) is 3.45. The van der Waals surface area contributed by atoms with Crippen molar-refractivity contribution in [3.63, 3.8) is 0 Å². The molecule has 0 amide bonds. The topological polar surface area (TPSA) is 101 Å². The number of aromatic nitrogens is 2. The zero-order valence-electron chi connectivity index (χ0n) is 10.9. The molecule has 1 fully saturated rings. The van der Waals surface area contributed by atoms with Crippen molar-refractivity contribution in [2.45, 2.75) is 23.8 Å². The third kappa shape index (κ3) is 2.81. The SMILES string of the molecule is O=C(O)c1cn(-c2ccccc2S(=O)(=O)NC2CC2)cn1. The molecule has 1 aromatic carbocycles. The van der Waals surface area contributed by atoms with Crippen LogP contribution in [0, 0.1) is 0 Å². The number of carboxylic acid groups (broad SMARTS) is 1. The molecule has 21 heavy (non-hydrogen) atoms. The number of nitrogens with zero attached hydrogens (tertiary/aromatic N) is 2. The first-order valence-electron chi connectivity index (χ1n) is 6.36. The molecule has 0 spiro atoms. The van der Waals surface area contributed by atoms with Gasteiger partial charge in [-0.25, -0.2) is 22.9 Å². The second-order valence-corrected chi connectivity index (χ2v) is 6.52. The van der Waals surface area contributed by atoms with E-state index in [1.807, 2.05) is 0 Å². The largest absolute Gasteiger partial charge is 0.476 e.